The van der Waals surface area contributed by atoms with E-state index in [1.165, 1.54) is 0 Å². The third kappa shape index (κ3) is 2.15. The molecule has 1 amide bonds. The number of fused-ring (bicyclic) bond motifs is 1. The zero-order valence-electron chi connectivity index (χ0n) is 10.5. The average Bonchev–Trinajstić information content (AvgIpc) is 2.79. The molecule has 3 heterocycles. The highest BCUT2D eigenvalue weighted by Gasteiger charge is 2.37. The van der Waals surface area contributed by atoms with E-state index >= 15 is 0 Å². The Morgan fingerprint density at radius 2 is 2.25 bits per heavy atom. The molecule has 0 N–H and O–H groups in total. The van der Waals surface area contributed by atoms with Crippen molar-refractivity contribution in [3.8, 4) is 0 Å². The standard InChI is InChI=1S/C11H12ClN5O3/c12-11-13-5-8(17(19)20)10(14-11)15-3-4-16-7(6-15)1-2-9(16)18/h5,7H,1-4,6H2. The second-order valence-corrected chi connectivity index (χ2v) is 5.17. The summed E-state index contributed by atoms with van der Waals surface area (Å²) < 4.78 is 0. The van der Waals surface area contributed by atoms with E-state index in [-0.39, 0.29) is 28.7 Å². The maximum atomic E-state index is 11.6. The Morgan fingerprint density at radius 3 is 3.00 bits per heavy atom. The van der Waals surface area contributed by atoms with E-state index in [1.807, 2.05) is 9.80 Å². The Balaban J connectivity index is 1.89. The van der Waals surface area contributed by atoms with Crippen molar-refractivity contribution in [2.45, 2.75) is 18.9 Å². The maximum Gasteiger partial charge on any atom is 0.329 e. The molecule has 0 aliphatic carbocycles. The molecule has 0 spiro atoms. The molecule has 0 saturated carbocycles. The van der Waals surface area contributed by atoms with Crippen LogP contribution < -0.4 is 4.90 Å². The van der Waals surface area contributed by atoms with Crippen LogP contribution in [0.2, 0.25) is 5.28 Å². The highest BCUT2D eigenvalue weighted by molar-refractivity contribution is 6.28. The van der Waals surface area contributed by atoms with Gasteiger partial charge in [0.2, 0.25) is 17.0 Å². The third-order valence-electron chi connectivity index (χ3n) is 3.71. The van der Waals surface area contributed by atoms with Crippen LogP contribution >= 0.6 is 11.6 Å². The van der Waals surface area contributed by atoms with Crippen LogP contribution in [0.5, 0.6) is 0 Å². The van der Waals surface area contributed by atoms with Crippen molar-refractivity contribution in [2.24, 2.45) is 0 Å². The van der Waals surface area contributed by atoms with Gasteiger partial charge < -0.3 is 9.80 Å². The molecule has 2 fully saturated rings. The second-order valence-electron chi connectivity index (χ2n) is 4.83. The summed E-state index contributed by atoms with van der Waals surface area (Å²) in [5, 5.41) is 11.0. The predicted molar refractivity (Wildman–Crippen MR) is 70.6 cm³/mol. The van der Waals surface area contributed by atoms with Gasteiger partial charge in [-0.05, 0) is 18.0 Å². The molecule has 1 aromatic heterocycles. The molecule has 2 aliphatic rings. The Bertz CT molecular complexity index is 581. The van der Waals surface area contributed by atoms with E-state index in [2.05, 4.69) is 9.97 Å². The fourth-order valence-corrected chi connectivity index (χ4v) is 2.89. The monoisotopic (exact) mass is 297 g/mol. The van der Waals surface area contributed by atoms with Crippen LogP contribution in [-0.4, -0.2) is 51.4 Å². The molecule has 1 atom stereocenters. The third-order valence-corrected chi connectivity index (χ3v) is 3.89. The quantitative estimate of drug-likeness (QED) is 0.456. The number of carbonyl (C=O) groups excluding carboxylic acids is 1. The predicted octanol–water partition coefficient (Wildman–Crippen LogP) is 0.849. The number of anilines is 1. The van der Waals surface area contributed by atoms with Gasteiger partial charge in [0.05, 0.1) is 4.92 Å². The summed E-state index contributed by atoms with van der Waals surface area (Å²) in [6.45, 7) is 1.61. The van der Waals surface area contributed by atoms with Gasteiger partial charge in [0.1, 0.15) is 6.20 Å². The molecule has 0 aromatic carbocycles. The van der Waals surface area contributed by atoms with Crippen molar-refractivity contribution in [1.29, 1.82) is 0 Å². The molecule has 9 heteroatoms. The molecular formula is C11H12ClN5O3. The smallest absolute Gasteiger partial charge is 0.329 e. The lowest BCUT2D eigenvalue weighted by molar-refractivity contribution is -0.384. The average molecular weight is 298 g/mol. The number of nitro groups is 1. The van der Waals surface area contributed by atoms with Crippen molar-refractivity contribution in [2.75, 3.05) is 24.5 Å². The molecule has 2 aliphatic heterocycles. The van der Waals surface area contributed by atoms with Crippen LogP contribution in [0.4, 0.5) is 11.5 Å². The van der Waals surface area contributed by atoms with Crippen molar-refractivity contribution >= 4 is 29.0 Å². The molecule has 20 heavy (non-hydrogen) atoms. The molecule has 2 saturated heterocycles. The summed E-state index contributed by atoms with van der Waals surface area (Å²) in [4.78, 5) is 33.5. The number of aromatic nitrogens is 2. The van der Waals surface area contributed by atoms with Crippen LogP contribution in [-0.2, 0) is 4.79 Å². The maximum absolute atomic E-state index is 11.6. The van der Waals surface area contributed by atoms with Crippen LogP contribution in [0.1, 0.15) is 12.8 Å². The second kappa shape index (κ2) is 4.86. The summed E-state index contributed by atoms with van der Waals surface area (Å²) in [6, 6.07) is 0.101. The van der Waals surface area contributed by atoms with Gasteiger partial charge in [-0.25, -0.2) is 4.98 Å². The summed E-state index contributed by atoms with van der Waals surface area (Å²) in [6.07, 6.45) is 2.45. The Kier molecular flexibility index (Phi) is 3.17. The molecule has 0 radical (unpaired) electrons. The van der Waals surface area contributed by atoms with Crippen molar-refractivity contribution in [1.82, 2.24) is 14.9 Å². The number of carbonyl (C=O) groups is 1. The minimum Gasteiger partial charge on any atom is -0.347 e. The van der Waals surface area contributed by atoms with Gasteiger partial charge >= 0.3 is 5.69 Å². The zero-order chi connectivity index (χ0) is 14.3. The Labute approximate surface area is 119 Å². The van der Waals surface area contributed by atoms with E-state index in [0.717, 1.165) is 12.6 Å². The molecule has 1 aromatic rings. The van der Waals surface area contributed by atoms with Gasteiger partial charge in [0.25, 0.3) is 0 Å². The van der Waals surface area contributed by atoms with Crippen molar-refractivity contribution in [3.05, 3.63) is 21.6 Å². The molecule has 3 rings (SSSR count). The summed E-state index contributed by atoms with van der Waals surface area (Å²) in [5.74, 6) is 0.388. The van der Waals surface area contributed by atoms with E-state index in [9.17, 15) is 14.9 Å². The summed E-state index contributed by atoms with van der Waals surface area (Å²) in [7, 11) is 0. The minimum absolute atomic E-state index is 0.0180. The van der Waals surface area contributed by atoms with Gasteiger partial charge in [0.15, 0.2) is 0 Å². The van der Waals surface area contributed by atoms with E-state index < -0.39 is 4.92 Å². The van der Waals surface area contributed by atoms with Crippen molar-refractivity contribution < 1.29 is 9.72 Å². The van der Waals surface area contributed by atoms with E-state index in [1.54, 1.807) is 0 Å². The number of nitrogens with zero attached hydrogens (tertiary/aromatic N) is 5. The number of hydrogen-bond acceptors (Lipinski definition) is 6. The molecule has 106 valence electrons. The lowest BCUT2D eigenvalue weighted by atomic mass is 10.1. The first-order valence-corrected chi connectivity index (χ1v) is 6.65. The van der Waals surface area contributed by atoms with Gasteiger partial charge in [-0.1, -0.05) is 0 Å². The van der Waals surface area contributed by atoms with Gasteiger partial charge in [-0.2, -0.15) is 4.98 Å². The van der Waals surface area contributed by atoms with Crippen LogP contribution in [0.25, 0.3) is 0 Å². The normalized spacial score (nSPS) is 22.1. The molecule has 0 bridgehead atoms. The number of rotatable bonds is 2. The number of hydrogen-bond donors (Lipinski definition) is 0. The molecule has 1 unspecified atom stereocenters. The lowest BCUT2D eigenvalue weighted by Gasteiger charge is -2.37. The Morgan fingerprint density at radius 1 is 1.45 bits per heavy atom. The number of amides is 1. The first kappa shape index (κ1) is 13.0. The van der Waals surface area contributed by atoms with E-state index in [0.29, 0.717) is 26.1 Å². The van der Waals surface area contributed by atoms with Crippen molar-refractivity contribution in [3.63, 3.8) is 0 Å². The first-order chi connectivity index (χ1) is 9.56. The highest BCUT2D eigenvalue weighted by atomic mass is 35.5. The zero-order valence-corrected chi connectivity index (χ0v) is 11.3. The number of piperazine rings is 1. The van der Waals surface area contributed by atoms with Crippen LogP contribution in [0.3, 0.4) is 0 Å². The lowest BCUT2D eigenvalue weighted by Crippen LogP contribution is -2.51. The summed E-state index contributed by atoms with van der Waals surface area (Å²) >= 11 is 5.74. The van der Waals surface area contributed by atoms with E-state index in [4.69, 9.17) is 11.6 Å². The fourth-order valence-electron chi connectivity index (χ4n) is 2.76. The van der Waals surface area contributed by atoms with Gasteiger partial charge in [-0.15, -0.1) is 0 Å². The summed E-state index contributed by atoms with van der Waals surface area (Å²) in [5.41, 5.74) is -0.160. The first-order valence-electron chi connectivity index (χ1n) is 6.27. The van der Waals surface area contributed by atoms with Gasteiger partial charge in [-0.3, -0.25) is 14.9 Å². The molecule has 8 nitrogen and oxygen atoms in total. The number of halogens is 1. The largest absolute Gasteiger partial charge is 0.347 e. The van der Waals surface area contributed by atoms with Gasteiger partial charge in [0, 0.05) is 32.1 Å². The topological polar surface area (TPSA) is 92.5 Å². The Hall–Kier alpha value is -1.96. The fraction of sp³-hybridized carbons (Fsp3) is 0.545. The minimum atomic E-state index is -0.516. The SMILES string of the molecule is O=C1CCC2CN(c3nc(Cl)ncc3[N+](=O)[O-])CCN12. The van der Waals surface area contributed by atoms with Crippen LogP contribution in [0, 0.1) is 10.1 Å². The molecular weight excluding hydrogens is 286 g/mol. The van der Waals surface area contributed by atoms with Crippen LogP contribution in [0.15, 0.2) is 6.20 Å². The highest BCUT2D eigenvalue weighted by Crippen LogP contribution is 2.30.